The average Bonchev–Trinajstić information content (AvgIpc) is 2.68. The molecular formula is C23H21F3O4. The second-order valence-corrected chi connectivity index (χ2v) is 6.57. The fraction of sp³-hybridized carbons (Fsp3) is 0.261. The van der Waals surface area contributed by atoms with Crippen LogP contribution in [0.5, 0.6) is 5.75 Å². The van der Waals surface area contributed by atoms with E-state index < -0.39 is 17.7 Å². The third kappa shape index (κ3) is 5.73. The van der Waals surface area contributed by atoms with E-state index in [0.717, 1.165) is 17.7 Å². The van der Waals surface area contributed by atoms with Crippen LogP contribution in [0.25, 0.3) is 5.57 Å². The number of hydrogen-bond donors (Lipinski definition) is 0. The van der Waals surface area contributed by atoms with Crippen molar-refractivity contribution < 1.29 is 32.2 Å². The van der Waals surface area contributed by atoms with Crippen molar-refractivity contribution in [1.29, 1.82) is 0 Å². The lowest BCUT2D eigenvalue weighted by Crippen LogP contribution is -2.38. The highest BCUT2D eigenvalue weighted by Gasteiger charge is 2.30. The van der Waals surface area contributed by atoms with Gasteiger partial charge in [-0.05, 0) is 47.9 Å². The van der Waals surface area contributed by atoms with Crippen LogP contribution >= 0.6 is 0 Å². The minimum Gasteiger partial charge on any atom is -0.486 e. The van der Waals surface area contributed by atoms with Crippen LogP contribution < -0.4 is 4.74 Å². The first kappa shape index (κ1) is 21.6. The molecule has 1 heterocycles. The summed E-state index contributed by atoms with van der Waals surface area (Å²) in [4.78, 5) is 11.5. The van der Waals surface area contributed by atoms with Gasteiger partial charge in [0.25, 0.3) is 0 Å². The van der Waals surface area contributed by atoms with Crippen molar-refractivity contribution in [1.82, 2.24) is 0 Å². The number of allylic oxidation sites excluding steroid dienone is 2. The molecule has 2 aromatic rings. The Labute approximate surface area is 172 Å². The normalized spacial score (nSPS) is 15.1. The van der Waals surface area contributed by atoms with E-state index in [9.17, 15) is 18.0 Å². The minimum absolute atomic E-state index is 0.0355. The van der Waals surface area contributed by atoms with Crippen LogP contribution in [0.2, 0.25) is 0 Å². The van der Waals surface area contributed by atoms with E-state index in [1.54, 1.807) is 25.1 Å². The Morgan fingerprint density at radius 1 is 1.07 bits per heavy atom. The van der Waals surface area contributed by atoms with Crippen molar-refractivity contribution >= 4 is 11.5 Å². The van der Waals surface area contributed by atoms with Crippen LogP contribution in [0.1, 0.15) is 23.6 Å². The lowest BCUT2D eigenvalue weighted by molar-refractivity contribution is -0.138. The third-order valence-electron chi connectivity index (χ3n) is 4.38. The molecule has 0 aromatic heterocycles. The van der Waals surface area contributed by atoms with Gasteiger partial charge in [-0.1, -0.05) is 36.4 Å². The van der Waals surface area contributed by atoms with Crippen LogP contribution in [-0.2, 0) is 20.4 Å². The maximum Gasteiger partial charge on any atom is 0.416 e. The maximum absolute atomic E-state index is 12.9. The van der Waals surface area contributed by atoms with Crippen molar-refractivity contribution in [3.63, 3.8) is 0 Å². The molecule has 158 valence electrons. The molecule has 1 saturated heterocycles. The molecule has 2 aromatic carbocycles. The Morgan fingerprint density at radius 3 is 2.17 bits per heavy atom. The average molecular weight is 418 g/mol. The lowest BCUT2D eigenvalue weighted by Gasteiger charge is -2.26. The number of benzene rings is 2. The first-order valence-electron chi connectivity index (χ1n) is 9.44. The van der Waals surface area contributed by atoms with Crippen molar-refractivity contribution in [3.8, 4) is 5.75 Å². The van der Waals surface area contributed by atoms with Gasteiger partial charge in [0.1, 0.15) is 11.9 Å². The van der Waals surface area contributed by atoms with Crippen LogP contribution in [0.15, 0.2) is 66.8 Å². The van der Waals surface area contributed by atoms with Crippen molar-refractivity contribution in [2.45, 2.75) is 19.2 Å². The molecule has 0 bridgehead atoms. The van der Waals surface area contributed by atoms with E-state index >= 15 is 0 Å². The molecule has 0 N–H and O–H groups in total. The number of esters is 1. The van der Waals surface area contributed by atoms with E-state index in [-0.39, 0.29) is 12.7 Å². The van der Waals surface area contributed by atoms with Gasteiger partial charge in [-0.15, -0.1) is 0 Å². The molecule has 1 fully saturated rings. The van der Waals surface area contributed by atoms with Crippen molar-refractivity contribution in [2.24, 2.45) is 0 Å². The van der Waals surface area contributed by atoms with Gasteiger partial charge in [-0.2, -0.15) is 13.2 Å². The van der Waals surface area contributed by atoms with E-state index in [1.165, 1.54) is 24.3 Å². The summed E-state index contributed by atoms with van der Waals surface area (Å²) in [6, 6.07) is 12.1. The summed E-state index contributed by atoms with van der Waals surface area (Å²) in [5, 5.41) is 0. The van der Waals surface area contributed by atoms with Gasteiger partial charge in [0.2, 0.25) is 0 Å². The summed E-state index contributed by atoms with van der Waals surface area (Å²) in [7, 11) is 0. The Balaban J connectivity index is 1.87. The van der Waals surface area contributed by atoms with Gasteiger partial charge in [0, 0.05) is 6.08 Å². The summed E-state index contributed by atoms with van der Waals surface area (Å²) >= 11 is 0. The number of carbonyl (C=O) groups excluding carboxylic acids is 1. The molecule has 4 nitrogen and oxygen atoms in total. The molecule has 0 spiro atoms. The molecule has 1 aliphatic heterocycles. The number of halogens is 3. The quantitative estimate of drug-likeness (QED) is 0.359. The van der Waals surface area contributed by atoms with Gasteiger partial charge in [0.05, 0.1) is 25.4 Å². The molecule has 0 unspecified atom stereocenters. The highest BCUT2D eigenvalue weighted by molar-refractivity contribution is 5.85. The summed E-state index contributed by atoms with van der Waals surface area (Å²) in [6.07, 6.45) is 0.0715. The number of ether oxygens (including phenoxy) is 3. The maximum atomic E-state index is 12.9. The van der Waals surface area contributed by atoms with Crippen LogP contribution in [0.4, 0.5) is 13.2 Å². The van der Waals surface area contributed by atoms with Crippen molar-refractivity contribution in [3.05, 3.63) is 83.4 Å². The molecule has 1 aliphatic rings. The molecule has 0 saturated carbocycles. The fourth-order valence-electron chi connectivity index (χ4n) is 2.80. The largest absolute Gasteiger partial charge is 0.486 e. The zero-order valence-corrected chi connectivity index (χ0v) is 16.3. The number of hydrogen-bond acceptors (Lipinski definition) is 4. The minimum atomic E-state index is -4.41. The molecule has 30 heavy (non-hydrogen) atoms. The highest BCUT2D eigenvalue weighted by Crippen LogP contribution is 2.32. The Kier molecular flexibility index (Phi) is 6.95. The SMILES string of the molecule is CCOC(=O)/C=C/C=C(\c1ccc(OC2COC2)cc1)c1ccc(C(F)(F)F)cc1. The van der Waals surface area contributed by atoms with Crippen LogP contribution in [0.3, 0.4) is 0 Å². The van der Waals surface area contributed by atoms with E-state index in [1.807, 2.05) is 12.1 Å². The number of alkyl halides is 3. The van der Waals surface area contributed by atoms with Gasteiger partial charge < -0.3 is 14.2 Å². The van der Waals surface area contributed by atoms with Crippen LogP contribution in [0, 0.1) is 0 Å². The monoisotopic (exact) mass is 418 g/mol. The van der Waals surface area contributed by atoms with Gasteiger partial charge >= 0.3 is 12.1 Å². The fourth-order valence-corrected chi connectivity index (χ4v) is 2.80. The molecule has 0 radical (unpaired) electrons. The third-order valence-corrected chi connectivity index (χ3v) is 4.38. The first-order valence-corrected chi connectivity index (χ1v) is 9.44. The first-order chi connectivity index (χ1) is 14.4. The Bertz CT molecular complexity index is 909. The van der Waals surface area contributed by atoms with E-state index in [4.69, 9.17) is 14.2 Å². The zero-order chi connectivity index (χ0) is 21.6. The van der Waals surface area contributed by atoms with Gasteiger partial charge in [-0.3, -0.25) is 0 Å². The summed E-state index contributed by atoms with van der Waals surface area (Å²) in [5.41, 5.74) is 1.28. The molecular weight excluding hydrogens is 397 g/mol. The molecule has 7 heteroatoms. The topological polar surface area (TPSA) is 44.8 Å². The standard InChI is InChI=1S/C23H21F3O4/c1-2-29-22(27)5-3-4-21(16-6-10-18(11-7-16)23(24,25)26)17-8-12-19(13-9-17)30-20-14-28-15-20/h3-13,20H,2,14-15H2,1H3/b5-3+,21-4-. The van der Waals surface area contributed by atoms with Gasteiger partial charge in [-0.25, -0.2) is 4.79 Å². The zero-order valence-electron chi connectivity index (χ0n) is 16.3. The highest BCUT2D eigenvalue weighted by atomic mass is 19.4. The molecule has 0 amide bonds. The predicted molar refractivity (Wildman–Crippen MR) is 106 cm³/mol. The summed E-state index contributed by atoms with van der Waals surface area (Å²) < 4.78 is 54.3. The molecule has 3 rings (SSSR count). The van der Waals surface area contributed by atoms with Crippen molar-refractivity contribution in [2.75, 3.05) is 19.8 Å². The Hall–Kier alpha value is -3.06. The second kappa shape index (κ2) is 9.63. The van der Waals surface area contributed by atoms with E-state index in [2.05, 4.69) is 0 Å². The lowest BCUT2D eigenvalue weighted by atomic mass is 9.96. The van der Waals surface area contributed by atoms with E-state index in [0.29, 0.717) is 30.1 Å². The molecule has 0 atom stereocenters. The predicted octanol–water partition coefficient (Wildman–Crippen LogP) is 5.03. The van der Waals surface area contributed by atoms with Crippen LogP contribution in [-0.4, -0.2) is 31.9 Å². The second-order valence-electron chi connectivity index (χ2n) is 6.57. The summed E-state index contributed by atoms with van der Waals surface area (Å²) in [5.74, 6) is 0.188. The van der Waals surface area contributed by atoms with Gasteiger partial charge in [0.15, 0.2) is 0 Å². The Morgan fingerprint density at radius 2 is 1.67 bits per heavy atom. The molecule has 0 aliphatic carbocycles. The number of carbonyl (C=O) groups is 1. The number of rotatable bonds is 7. The summed E-state index contributed by atoms with van der Waals surface area (Å²) in [6.45, 7) is 3.06. The smallest absolute Gasteiger partial charge is 0.416 e.